The number of carbonyl (C=O) groups is 1. The van der Waals surface area contributed by atoms with Crippen molar-refractivity contribution >= 4 is 11.7 Å². The number of methoxy groups -OCH3 is 3. The maximum absolute atomic E-state index is 11.4. The van der Waals surface area contributed by atoms with Crippen molar-refractivity contribution in [2.24, 2.45) is 0 Å². The van der Waals surface area contributed by atoms with E-state index in [2.05, 4.69) is 4.74 Å². The van der Waals surface area contributed by atoms with Gasteiger partial charge in [0.15, 0.2) is 0 Å². The number of benzene rings is 1. The highest BCUT2D eigenvalue weighted by atomic mass is 16.5. The summed E-state index contributed by atoms with van der Waals surface area (Å²) >= 11 is 0. The summed E-state index contributed by atoms with van der Waals surface area (Å²) in [5, 5.41) is 0. The van der Waals surface area contributed by atoms with Crippen LogP contribution in [0.15, 0.2) is 6.07 Å². The van der Waals surface area contributed by atoms with Gasteiger partial charge in [-0.05, 0) is 25.0 Å². The summed E-state index contributed by atoms with van der Waals surface area (Å²) in [7, 11) is 6.42. The van der Waals surface area contributed by atoms with Crippen molar-refractivity contribution in [3.63, 3.8) is 0 Å². The van der Waals surface area contributed by atoms with Crippen LogP contribution in [0.25, 0.3) is 0 Å². The van der Waals surface area contributed by atoms with Crippen LogP contribution in [-0.2, 0) is 9.53 Å². The molecule has 0 radical (unpaired) electrons. The average molecular weight is 267 g/mol. The molecule has 5 heteroatoms. The zero-order chi connectivity index (χ0) is 14.6. The minimum atomic E-state index is -0.304. The molecule has 0 amide bonds. The summed E-state index contributed by atoms with van der Waals surface area (Å²) in [6.45, 7) is 4.09. The predicted molar refractivity (Wildman–Crippen MR) is 74.3 cm³/mol. The van der Waals surface area contributed by atoms with Gasteiger partial charge < -0.3 is 19.1 Å². The molecule has 1 aromatic rings. The predicted octanol–water partition coefficient (Wildman–Crippen LogP) is 1.93. The fourth-order valence-corrected chi connectivity index (χ4v) is 1.94. The molecule has 0 aliphatic carbocycles. The second-order valence-corrected chi connectivity index (χ2v) is 4.31. The highest BCUT2D eigenvalue weighted by Gasteiger charge is 2.18. The second kappa shape index (κ2) is 6.31. The molecule has 1 aromatic carbocycles. The molecule has 0 bridgehead atoms. The summed E-state index contributed by atoms with van der Waals surface area (Å²) in [6.07, 6.45) is 0. The van der Waals surface area contributed by atoms with Crippen molar-refractivity contribution in [1.29, 1.82) is 0 Å². The van der Waals surface area contributed by atoms with Gasteiger partial charge in [-0.1, -0.05) is 0 Å². The van der Waals surface area contributed by atoms with Gasteiger partial charge in [0.25, 0.3) is 0 Å². The Morgan fingerprint density at radius 1 is 1.16 bits per heavy atom. The van der Waals surface area contributed by atoms with E-state index in [1.165, 1.54) is 7.11 Å². The first-order valence-corrected chi connectivity index (χ1v) is 5.96. The third-order valence-electron chi connectivity index (χ3n) is 3.20. The molecule has 0 N–H and O–H groups in total. The molecule has 0 spiro atoms. The molecule has 5 nitrogen and oxygen atoms in total. The van der Waals surface area contributed by atoms with Crippen LogP contribution in [0.4, 0.5) is 5.69 Å². The largest absolute Gasteiger partial charge is 0.496 e. The lowest BCUT2D eigenvalue weighted by molar-refractivity contribution is -0.138. The van der Waals surface area contributed by atoms with Crippen molar-refractivity contribution in [1.82, 2.24) is 0 Å². The highest BCUT2D eigenvalue weighted by molar-refractivity contribution is 5.78. The Kier molecular flexibility index (Phi) is 5.03. The van der Waals surface area contributed by atoms with E-state index in [-0.39, 0.29) is 12.5 Å². The highest BCUT2D eigenvalue weighted by Crippen LogP contribution is 2.38. The molecule has 1 rings (SSSR count). The van der Waals surface area contributed by atoms with Crippen LogP contribution in [0, 0.1) is 13.8 Å². The van der Waals surface area contributed by atoms with Gasteiger partial charge in [0.05, 0.1) is 27.0 Å². The molecule has 0 fully saturated rings. The van der Waals surface area contributed by atoms with Gasteiger partial charge in [0.2, 0.25) is 0 Å². The molecular weight excluding hydrogens is 246 g/mol. The Hall–Kier alpha value is -1.91. The lowest BCUT2D eigenvalue weighted by atomic mass is 10.1. The van der Waals surface area contributed by atoms with Crippen LogP contribution in [0.1, 0.15) is 11.1 Å². The number of esters is 1. The van der Waals surface area contributed by atoms with Gasteiger partial charge in [0.1, 0.15) is 18.0 Å². The Labute approximate surface area is 114 Å². The Morgan fingerprint density at radius 3 is 2.26 bits per heavy atom. The average Bonchev–Trinajstić information content (AvgIpc) is 2.41. The summed E-state index contributed by atoms with van der Waals surface area (Å²) in [5.74, 6) is 1.21. The fraction of sp³-hybridized carbons (Fsp3) is 0.500. The lowest BCUT2D eigenvalue weighted by Gasteiger charge is -2.24. The molecule has 0 saturated carbocycles. The van der Waals surface area contributed by atoms with E-state index >= 15 is 0 Å². The van der Waals surface area contributed by atoms with E-state index < -0.39 is 0 Å². The van der Waals surface area contributed by atoms with Crippen LogP contribution in [0.2, 0.25) is 0 Å². The van der Waals surface area contributed by atoms with Crippen LogP contribution in [0.5, 0.6) is 11.5 Å². The topological polar surface area (TPSA) is 48.0 Å². The van der Waals surface area contributed by atoms with Gasteiger partial charge in [0, 0.05) is 13.1 Å². The van der Waals surface area contributed by atoms with Crippen LogP contribution >= 0.6 is 0 Å². The number of hydrogen-bond acceptors (Lipinski definition) is 5. The standard InChI is InChI=1S/C14H21NO4/c1-9-10(2)14(19-6)11(7-12(9)17-4)15(3)8-13(16)18-5/h7H,8H2,1-6H3. The zero-order valence-electron chi connectivity index (χ0n) is 12.4. The third kappa shape index (κ3) is 3.10. The molecule has 0 saturated heterocycles. The number of nitrogens with zero attached hydrogens (tertiary/aromatic N) is 1. The molecule has 19 heavy (non-hydrogen) atoms. The molecule has 0 atom stereocenters. The molecule has 0 unspecified atom stereocenters. The molecular formula is C14H21NO4. The molecule has 0 heterocycles. The summed E-state index contributed by atoms with van der Waals surface area (Å²) < 4.78 is 15.5. The van der Waals surface area contributed by atoms with Gasteiger partial charge in [-0.3, -0.25) is 4.79 Å². The number of anilines is 1. The van der Waals surface area contributed by atoms with Crippen molar-refractivity contribution in [3.05, 3.63) is 17.2 Å². The third-order valence-corrected chi connectivity index (χ3v) is 3.20. The van der Waals surface area contributed by atoms with Gasteiger partial charge in [-0.25, -0.2) is 0 Å². The van der Waals surface area contributed by atoms with Crippen molar-refractivity contribution in [2.45, 2.75) is 13.8 Å². The number of hydrogen-bond donors (Lipinski definition) is 0. The minimum absolute atomic E-state index is 0.151. The van der Waals surface area contributed by atoms with E-state index in [0.717, 1.165) is 28.3 Å². The fourth-order valence-electron chi connectivity index (χ4n) is 1.94. The number of likely N-dealkylation sites (N-methyl/N-ethyl adjacent to an activating group) is 1. The molecule has 0 aromatic heterocycles. The van der Waals surface area contributed by atoms with Gasteiger partial charge in [-0.2, -0.15) is 0 Å². The summed E-state index contributed by atoms with van der Waals surface area (Å²) in [4.78, 5) is 13.1. The summed E-state index contributed by atoms with van der Waals surface area (Å²) in [6, 6.07) is 1.87. The van der Waals surface area contributed by atoms with E-state index in [1.54, 1.807) is 19.1 Å². The Bertz CT molecular complexity index is 471. The zero-order valence-corrected chi connectivity index (χ0v) is 12.4. The number of rotatable bonds is 5. The normalized spacial score (nSPS) is 10.0. The van der Waals surface area contributed by atoms with Gasteiger partial charge in [-0.15, -0.1) is 0 Å². The van der Waals surface area contributed by atoms with E-state index in [1.807, 2.05) is 27.0 Å². The van der Waals surface area contributed by atoms with Crippen molar-refractivity contribution in [3.8, 4) is 11.5 Å². The van der Waals surface area contributed by atoms with E-state index in [9.17, 15) is 4.79 Å². The van der Waals surface area contributed by atoms with Crippen LogP contribution in [-0.4, -0.2) is 40.9 Å². The lowest BCUT2D eigenvalue weighted by Crippen LogP contribution is -2.27. The number of ether oxygens (including phenoxy) is 3. The second-order valence-electron chi connectivity index (χ2n) is 4.31. The monoisotopic (exact) mass is 267 g/mol. The van der Waals surface area contributed by atoms with Crippen molar-refractivity contribution < 1.29 is 19.0 Å². The van der Waals surface area contributed by atoms with E-state index in [0.29, 0.717) is 0 Å². The quantitative estimate of drug-likeness (QED) is 0.763. The summed E-state index contributed by atoms with van der Waals surface area (Å²) in [5.41, 5.74) is 2.82. The van der Waals surface area contributed by atoms with E-state index in [4.69, 9.17) is 9.47 Å². The molecule has 106 valence electrons. The smallest absolute Gasteiger partial charge is 0.325 e. The van der Waals surface area contributed by atoms with Crippen molar-refractivity contribution in [2.75, 3.05) is 39.8 Å². The first-order chi connectivity index (χ1) is 8.96. The van der Waals surface area contributed by atoms with Crippen LogP contribution in [0.3, 0.4) is 0 Å². The van der Waals surface area contributed by atoms with Gasteiger partial charge >= 0.3 is 5.97 Å². The maximum atomic E-state index is 11.4. The first kappa shape index (κ1) is 15.1. The Balaban J connectivity index is 3.25. The minimum Gasteiger partial charge on any atom is -0.496 e. The first-order valence-electron chi connectivity index (χ1n) is 5.96. The SMILES string of the molecule is COC(=O)CN(C)c1cc(OC)c(C)c(C)c1OC. The number of carbonyl (C=O) groups excluding carboxylic acids is 1. The Morgan fingerprint density at radius 2 is 1.79 bits per heavy atom. The maximum Gasteiger partial charge on any atom is 0.325 e. The van der Waals surface area contributed by atoms with Crippen LogP contribution < -0.4 is 14.4 Å². The molecule has 0 aliphatic heterocycles. The molecule has 0 aliphatic rings.